The minimum atomic E-state index is -3.30. The van der Waals surface area contributed by atoms with Crippen molar-refractivity contribution in [2.75, 3.05) is 29.4 Å². The number of benzene rings is 1. The fourth-order valence-corrected chi connectivity index (χ4v) is 3.76. The average molecular weight is 505 g/mol. The molecule has 0 saturated carbocycles. The maximum atomic E-state index is 11.4. The molecule has 176 valence electrons. The summed E-state index contributed by atoms with van der Waals surface area (Å²) in [5, 5.41) is 11.8. The lowest BCUT2D eigenvalue weighted by Gasteiger charge is -2.17. The summed E-state index contributed by atoms with van der Waals surface area (Å²) in [6.07, 6.45) is 7.82. The maximum Gasteiger partial charge on any atom is 0.267 e. The number of hydrogen-bond acceptors (Lipinski definition) is 8. The predicted octanol–water partition coefficient (Wildman–Crippen LogP) is 1.90. The molecule has 32 heavy (non-hydrogen) atoms. The molecule has 1 fully saturated rings. The molecule has 2 aromatic rings. The van der Waals surface area contributed by atoms with Crippen molar-refractivity contribution < 1.29 is 18.4 Å². The summed E-state index contributed by atoms with van der Waals surface area (Å²) < 4.78 is 25.3. The van der Waals surface area contributed by atoms with Crippen LogP contribution in [0.5, 0.6) is 0 Å². The number of sulfonamides is 1. The van der Waals surface area contributed by atoms with E-state index in [9.17, 15) is 13.2 Å². The van der Waals surface area contributed by atoms with Gasteiger partial charge in [-0.15, -0.1) is 24.8 Å². The number of hydrogen-bond donors (Lipinski definition) is 4. The second-order valence-electron chi connectivity index (χ2n) is 7.08. The molecule has 0 spiro atoms. The Hall–Kier alpha value is -2.44. The van der Waals surface area contributed by atoms with Gasteiger partial charge in [0.2, 0.25) is 10.0 Å². The Kier molecular flexibility index (Phi) is 10.8. The molecule has 0 unspecified atom stereocenters. The molecule has 0 bridgehead atoms. The van der Waals surface area contributed by atoms with Crippen LogP contribution in [0.1, 0.15) is 17.7 Å². The normalized spacial score (nSPS) is 16.1. The van der Waals surface area contributed by atoms with E-state index < -0.39 is 15.9 Å². The van der Waals surface area contributed by atoms with Crippen molar-refractivity contribution in [2.24, 2.45) is 0 Å². The molecule has 0 aliphatic carbocycles. The molecule has 3 rings (SSSR count). The Morgan fingerprint density at radius 2 is 2.06 bits per heavy atom. The van der Waals surface area contributed by atoms with Gasteiger partial charge >= 0.3 is 0 Å². The molecule has 0 radical (unpaired) electrons. The van der Waals surface area contributed by atoms with Crippen LogP contribution in [0.15, 0.2) is 42.7 Å². The summed E-state index contributed by atoms with van der Waals surface area (Å²) in [5.74, 6) is 0.00708. The first-order chi connectivity index (χ1) is 14.3. The molecule has 4 N–H and O–H groups in total. The topological polar surface area (TPSA) is 137 Å². The van der Waals surface area contributed by atoms with Gasteiger partial charge in [-0.05, 0) is 30.2 Å². The van der Waals surface area contributed by atoms with Gasteiger partial charge in [0.25, 0.3) is 5.91 Å². The molecule has 2 heterocycles. The number of nitrogens with zero attached hydrogens (tertiary/aromatic N) is 3. The Morgan fingerprint density at radius 1 is 1.28 bits per heavy atom. The van der Waals surface area contributed by atoms with Crippen LogP contribution < -0.4 is 15.5 Å². The molecule has 10 nitrogen and oxygen atoms in total. The number of carbonyl (C=O) groups excluding carboxylic acids is 1. The van der Waals surface area contributed by atoms with Crippen LogP contribution in [-0.2, 0) is 21.4 Å². The quantitative estimate of drug-likeness (QED) is 0.243. The van der Waals surface area contributed by atoms with Gasteiger partial charge in [0.05, 0.1) is 24.3 Å². The molecule has 1 amide bonds. The van der Waals surface area contributed by atoms with Crippen LogP contribution in [0.3, 0.4) is 0 Å². The number of carbonyl (C=O) groups is 1. The highest BCUT2D eigenvalue weighted by Crippen LogP contribution is 2.19. The van der Waals surface area contributed by atoms with E-state index in [0.29, 0.717) is 17.2 Å². The Balaban J connectivity index is 0.00000256. The van der Waals surface area contributed by atoms with Crippen LogP contribution in [0.2, 0.25) is 0 Å². The van der Waals surface area contributed by atoms with E-state index in [1.165, 1.54) is 17.8 Å². The van der Waals surface area contributed by atoms with Crippen molar-refractivity contribution in [1.29, 1.82) is 0 Å². The third kappa shape index (κ3) is 8.97. The standard InChI is InChI=1S/C19H24N6O4S.2ClH/c1-30(28,29)24-15-4-2-3-14(9-15)12-25-8-7-17(13-25)22-18-11-20-16(10-21-18)5-6-19(26)23-27;;/h2-6,9-11,17,24,27H,7-8,12-13H2,1H3,(H,21,22)(H,23,26);2*1H/b6-5+;;/t17-;;/m1../s1. The molecular formula is C19H26Cl2N6O4S. The number of nitrogens with one attached hydrogen (secondary N) is 3. The predicted molar refractivity (Wildman–Crippen MR) is 128 cm³/mol. The molecule has 1 aliphatic heterocycles. The van der Waals surface area contributed by atoms with Crippen LogP contribution in [0.4, 0.5) is 11.5 Å². The van der Waals surface area contributed by atoms with E-state index >= 15 is 0 Å². The van der Waals surface area contributed by atoms with Crippen molar-refractivity contribution >= 4 is 58.3 Å². The highest BCUT2D eigenvalue weighted by atomic mass is 35.5. The summed E-state index contributed by atoms with van der Waals surface area (Å²) in [4.78, 5) is 21.8. The first kappa shape index (κ1) is 27.6. The fourth-order valence-electron chi connectivity index (χ4n) is 3.21. The lowest BCUT2D eigenvalue weighted by atomic mass is 10.2. The maximum absolute atomic E-state index is 11.4. The van der Waals surface area contributed by atoms with Gasteiger partial charge in [-0.1, -0.05) is 12.1 Å². The number of anilines is 2. The van der Waals surface area contributed by atoms with Crippen molar-refractivity contribution in [3.63, 3.8) is 0 Å². The number of halogens is 2. The molecule has 1 atom stereocenters. The minimum Gasteiger partial charge on any atom is -0.365 e. The molecular weight excluding hydrogens is 479 g/mol. The number of amides is 1. The second kappa shape index (κ2) is 12.6. The van der Waals surface area contributed by atoms with Gasteiger partial charge in [0, 0.05) is 37.4 Å². The zero-order valence-corrected chi connectivity index (χ0v) is 19.7. The Bertz CT molecular complexity index is 1020. The molecule has 1 aromatic heterocycles. The smallest absolute Gasteiger partial charge is 0.267 e. The Morgan fingerprint density at radius 3 is 2.72 bits per heavy atom. The van der Waals surface area contributed by atoms with Crippen LogP contribution in [0.25, 0.3) is 6.08 Å². The molecule has 1 aliphatic rings. The van der Waals surface area contributed by atoms with Gasteiger partial charge in [-0.2, -0.15) is 0 Å². The molecule has 13 heteroatoms. The van der Waals surface area contributed by atoms with E-state index in [1.54, 1.807) is 12.3 Å². The summed E-state index contributed by atoms with van der Waals surface area (Å²) in [7, 11) is -3.30. The molecule has 1 saturated heterocycles. The monoisotopic (exact) mass is 504 g/mol. The van der Waals surface area contributed by atoms with E-state index in [1.807, 2.05) is 18.2 Å². The van der Waals surface area contributed by atoms with Crippen LogP contribution in [-0.4, -0.2) is 59.8 Å². The van der Waals surface area contributed by atoms with Crippen LogP contribution >= 0.6 is 24.8 Å². The number of likely N-dealkylation sites (tertiary alicyclic amines) is 1. The highest BCUT2D eigenvalue weighted by Gasteiger charge is 2.22. The van der Waals surface area contributed by atoms with Gasteiger partial charge in [0.15, 0.2) is 0 Å². The van der Waals surface area contributed by atoms with Gasteiger partial charge in [-0.25, -0.2) is 18.9 Å². The van der Waals surface area contributed by atoms with E-state index in [4.69, 9.17) is 5.21 Å². The second-order valence-corrected chi connectivity index (χ2v) is 8.82. The summed E-state index contributed by atoms with van der Waals surface area (Å²) in [6.45, 7) is 2.45. The van der Waals surface area contributed by atoms with Crippen molar-refractivity contribution in [1.82, 2.24) is 20.3 Å². The minimum absolute atomic E-state index is 0. The van der Waals surface area contributed by atoms with E-state index in [0.717, 1.165) is 44.0 Å². The lowest BCUT2D eigenvalue weighted by molar-refractivity contribution is -0.124. The van der Waals surface area contributed by atoms with Crippen molar-refractivity contribution in [3.05, 3.63) is 54.0 Å². The van der Waals surface area contributed by atoms with E-state index in [2.05, 4.69) is 24.9 Å². The number of hydroxylamine groups is 1. The fraction of sp³-hybridized carbons (Fsp3) is 0.316. The Labute approximate surface area is 199 Å². The zero-order valence-electron chi connectivity index (χ0n) is 17.3. The molecule has 1 aromatic carbocycles. The van der Waals surface area contributed by atoms with E-state index in [-0.39, 0.29) is 30.9 Å². The summed E-state index contributed by atoms with van der Waals surface area (Å²) >= 11 is 0. The van der Waals surface area contributed by atoms with Gasteiger partial charge in [0.1, 0.15) is 5.82 Å². The first-order valence-corrected chi connectivity index (χ1v) is 11.2. The average Bonchev–Trinajstić information content (AvgIpc) is 3.12. The summed E-state index contributed by atoms with van der Waals surface area (Å²) in [6, 6.07) is 7.61. The largest absolute Gasteiger partial charge is 0.365 e. The van der Waals surface area contributed by atoms with Crippen molar-refractivity contribution in [3.8, 4) is 0 Å². The third-order valence-corrected chi connectivity index (χ3v) is 5.05. The van der Waals surface area contributed by atoms with Crippen molar-refractivity contribution in [2.45, 2.75) is 19.0 Å². The lowest BCUT2D eigenvalue weighted by Crippen LogP contribution is -2.26. The SMILES string of the molecule is CS(=O)(=O)Nc1cccc(CN2CC[C@@H](Nc3cnc(/C=C/C(=O)NO)cn3)C2)c1.Cl.Cl. The number of rotatable bonds is 8. The first-order valence-electron chi connectivity index (χ1n) is 9.30. The third-order valence-electron chi connectivity index (χ3n) is 4.45. The van der Waals surface area contributed by atoms with Gasteiger partial charge < -0.3 is 5.32 Å². The zero-order chi connectivity index (χ0) is 21.6. The number of aromatic nitrogens is 2. The summed E-state index contributed by atoms with van der Waals surface area (Å²) in [5.41, 5.74) is 3.60. The van der Waals surface area contributed by atoms with Crippen LogP contribution in [0, 0.1) is 0 Å². The van der Waals surface area contributed by atoms with Gasteiger partial charge in [-0.3, -0.25) is 24.6 Å². The highest BCUT2D eigenvalue weighted by molar-refractivity contribution is 7.92.